The quantitative estimate of drug-likeness (QED) is 0.361. The van der Waals surface area contributed by atoms with Gasteiger partial charge in [0, 0.05) is 13.1 Å². The molecule has 4 amide bonds. The number of ether oxygens (including phenoxy) is 1. The molecule has 11 heteroatoms. The summed E-state index contributed by atoms with van der Waals surface area (Å²) in [6.45, 7) is 5.68. The normalized spacial score (nSPS) is 15.7. The number of rotatable bonds is 13. The van der Waals surface area contributed by atoms with Gasteiger partial charge in [-0.3, -0.25) is 14.4 Å². The predicted molar refractivity (Wildman–Crippen MR) is 135 cm³/mol. The van der Waals surface area contributed by atoms with Crippen molar-refractivity contribution < 1.29 is 33.8 Å². The molecule has 2 atom stereocenters. The van der Waals surface area contributed by atoms with Gasteiger partial charge < -0.3 is 30.3 Å². The molecule has 11 nitrogen and oxygen atoms in total. The van der Waals surface area contributed by atoms with E-state index in [9.17, 15) is 29.1 Å². The zero-order chi connectivity index (χ0) is 27.4. The third kappa shape index (κ3) is 9.40. The van der Waals surface area contributed by atoms with E-state index in [0.717, 1.165) is 5.56 Å². The Morgan fingerprint density at radius 2 is 1.81 bits per heavy atom. The van der Waals surface area contributed by atoms with Crippen molar-refractivity contribution in [2.45, 2.75) is 65.1 Å². The number of likely N-dealkylation sites (tertiary alicyclic amines) is 1. The van der Waals surface area contributed by atoms with E-state index in [4.69, 9.17) is 4.74 Å². The van der Waals surface area contributed by atoms with Gasteiger partial charge >= 0.3 is 12.1 Å². The standard InChI is InChI=1S/C26H38N4O7/c1-4-12-29(23(32)16-28-26(36)37-17-19-9-6-5-7-10-19)21(14-18(2)3)24(33)27-15-22(31)30-13-8-11-20(30)25(34)35/h5-7,9-10,18,20-21H,4,8,11-17H2,1-3H3,(H,27,33)(H,28,36)(H,34,35)/t20-,21-/m0/s1. The Morgan fingerprint density at radius 1 is 1.11 bits per heavy atom. The molecule has 0 radical (unpaired) electrons. The zero-order valence-electron chi connectivity index (χ0n) is 21.8. The number of amides is 4. The smallest absolute Gasteiger partial charge is 0.407 e. The van der Waals surface area contributed by atoms with Crippen LogP contribution in [-0.2, 0) is 30.5 Å². The SMILES string of the molecule is CCCN(C(=O)CNC(=O)OCc1ccccc1)[C@@H](CC(C)C)C(=O)NCC(=O)N1CCC[C@H]1C(=O)O. The van der Waals surface area contributed by atoms with Crippen LogP contribution in [0.4, 0.5) is 4.79 Å². The van der Waals surface area contributed by atoms with Crippen LogP contribution in [0.25, 0.3) is 0 Å². The lowest BCUT2D eigenvalue weighted by atomic mass is 10.0. The lowest BCUT2D eigenvalue weighted by molar-refractivity contribution is -0.148. The maximum Gasteiger partial charge on any atom is 0.407 e. The van der Waals surface area contributed by atoms with Gasteiger partial charge in [0.2, 0.25) is 17.7 Å². The summed E-state index contributed by atoms with van der Waals surface area (Å²) in [5, 5.41) is 14.3. The fourth-order valence-electron chi connectivity index (χ4n) is 4.25. The van der Waals surface area contributed by atoms with Crippen LogP contribution in [0.1, 0.15) is 52.0 Å². The molecule has 1 aliphatic heterocycles. The Balaban J connectivity index is 1.97. The topological polar surface area (TPSA) is 145 Å². The molecular weight excluding hydrogens is 480 g/mol. The van der Waals surface area contributed by atoms with Gasteiger partial charge in [0.1, 0.15) is 25.2 Å². The van der Waals surface area contributed by atoms with Crippen LogP contribution in [-0.4, -0.2) is 83.0 Å². The van der Waals surface area contributed by atoms with E-state index in [2.05, 4.69) is 10.6 Å². The summed E-state index contributed by atoms with van der Waals surface area (Å²) in [6, 6.07) is 7.39. The third-order valence-electron chi connectivity index (χ3n) is 6.03. The molecule has 1 saturated heterocycles. The number of carboxylic acids is 1. The zero-order valence-corrected chi connectivity index (χ0v) is 21.8. The van der Waals surface area contributed by atoms with Crippen LogP contribution < -0.4 is 10.6 Å². The summed E-state index contributed by atoms with van der Waals surface area (Å²) < 4.78 is 5.15. The number of hydrogen-bond donors (Lipinski definition) is 3. The molecule has 1 heterocycles. The van der Waals surface area contributed by atoms with Gasteiger partial charge in [-0.2, -0.15) is 0 Å². The van der Waals surface area contributed by atoms with Gasteiger partial charge in [0.05, 0.1) is 6.54 Å². The predicted octanol–water partition coefficient (Wildman–Crippen LogP) is 1.76. The van der Waals surface area contributed by atoms with Crippen molar-refractivity contribution in [3.8, 4) is 0 Å². The van der Waals surface area contributed by atoms with Crippen molar-refractivity contribution >= 4 is 29.8 Å². The van der Waals surface area contributed by atoms with Gasteiger partial charge in [-0.25, -0.2) is 9.59 Å². The molecule has 1 aromatic carbocycles. The first kappa shape index (κ1) is 29.6. The minimum atomic E-state index is -1.07. The molecule has 0 bridgehead atoms. The second kappa shape index (κ2) is 14.8. The molecule has 2 rings (SSSR count). The van der Waals surface area contributed by atoms with Crippen LogP contribution in [0.5, 0.6) is 0 Å². The van der Waals surface area contributed by atoms with Gasteiger partial charge in [0.15, 0.2) is 0 Å². The van der Waals surface area contributed by atoms with Crippen molar-refractivity contribution in [3.63, 3.8) is 0 Å². The number of nitrogens with zero attached hydrogens (tertiary/aromatic N) is 2. The number of nitrogens with one attached hydrogen (secondary N) is 2. The first-order valence-electron chi connectivity index (χ1n) is 12.7. The molecule has 0 aromatic heterocycles. The molecule has 0 spiro atoms. The van der Waals surface area contributed by atoms with Crippen LogP contribution in [0.3, 0.4) is 0 Å². The number of benzene rings is 1. The lowest BCUT2D eigenvalue weighted by Crippen LogP contribution is -2.54. The van der Waals surface area contributed by atoms with Crippen LogP contribution in [0, 0.1) is 5.92 Å². The molecular formula is C26H38N4O7. The molecule has 1 fully saturated rings. The van der Waals surface area contributed by atoms with E-state index in [0.29, 0.717) is 32.2 Å². The van der Waals surface area contributed by atoms with Crippen LogP contribution >= 0.6 is 0 Å². The first-order chi connectivity index (χ1) is 17.6. The van der Waals surface area contributed by atoms with Crippen LogP contribution in [0.15, 0.2) is 30.3 Å². The molecule has 0 saturated carbocycles. The van der Waals surface area contributed by atoms with E-state index >= 15 is 0 Å². The van der Waals surface area contributed by atoms with E-state index in [-0.39, 0.29) is 32.2 Å². The second-order valence-corrected chi connectivity index (χ2v) is 9.45. The fraction of sp³-hybridized carbons (Fsp3) is 0.577. The Kier molecular flexibility index (Phi) is 11.9. The van der Waals surface area contributed by atoms with Crippen molar-refractivity contribution in [3.05, 3.63) is 35.9 Å². The molecule has 0 aliphatic carbocycles. The summed E-state index contributed by atoms with van der Waals surface area (Å²) in [7, 11) is 0. The average molecular weight is 519 g/mol. The van der Waals surface area contributed by atoms with Gasteiger partial charge in [-0.05, 0) is 37.2 Å². The second-order valence-electron chi connectivity index (χ2n) is 9.45. The highest BCUT2D eigenvalue weighted by Crippen LogP contribution is 2.18. The Bertz CT molecular complexity index is 938. The number of carbonyl (C=O) groups is 5. The summed E-state index contributed by atoms with van der Waals surface area (Å²) >= 11 is 0. The Morgan fingerprint density at radius 3 is 2.43 bits per heavy atom. The summed E-state index contributed by atoms with van der Waals surface area (Å²) in [6.07, 6.45) is 1.16. The summed E-state index contributed by atoms with van der Waals surface area (Å²) in [5.41, 5.74) is 0.809. The Hall–Kier alpha value is -3.63. The van der Waals surface area contributed by atoms with Crippen molar-refractivity contribution in [2.75, 3.05) is 26.2 Å². The molecule has 1 aliphatic rings. The van der Waals surface area contributed by atoms with Crippen LogP contribution in [0.2, 0.25) is 0 Å². The molecule has 204 valence electrons. The van der Waals surface area contributed by atoms with Gasteiger partial charge in [0.25, 0.3) is 0 Å². The molecule has 3 N–H and O–H groups in total. The van der Waals surface area contributed by atoms with Gasteiger partial charge in [-0.15, -0.1) is 0 Å². The number of carboxylic acid groups (broad SMARTS) is 1. The third-order valence-corrected chi connectivity index (χ3v) is 6.03. The highest BCUT2D eigenvalue weighted by molar-refractivity contribution is 5.92. The van der Waals surface area contributed by atoms with E-state index in [1.54, 1.807) is 0 Å². The highest BCUT2D eigenvalue weighted by Gasteiger charge is 2.35. The summed E-state index contributed by atoms with van der Waals surface area (Å²) in [5.74, 6) is -2.42. The Labute approximate surface area is 217 Å². The minimum Gasteiger partial charge on any atom is -0.480 e. The van der Waals surface area contributed by atoms with E-state index in [1.165, 1.54) is 9.80 Å². The maximum atomic E-state index is 13.1. The average Bonchev–Trinajstić information content (AvgIpc) is 3.37. The van der Waals surface area contributed by atoms with Crippen molar-refractivity contribution in [1.29, 1.82) is 0 Å². The molecule has 0 unspecified atom stereocenters. The highest BCUT2D eigenvalue weighted by atomic mass is 16.5. The van der Waals surface area contributed by atoms with Crippen molar-refractivity contribution in [2.24, 2.45) is 5.92 Å². The lowest BCUT2D eigenvalue weighted by Gasteiger charge is -2.32. The minimum absolute atomic E-state index is 0.0612. The molecule has 37 heavy (non-hydrogen) atoms. The van der Waals surface area contributed by atoms with E-state index in [1.807, 2.05) is 51.1 Å². The van der Waals surface area contributed by atoms with Gasteiger partial charge in [-0.1, -0.05) is 51.1 Å². The number of carbonyl (C=O) groups excluding carboxylic acids is 4. The van der Waals surface area contributed by atoms with Crippen molar-refractivity contribution in [1.82, 2.24) is 20.4 Å². The number of hydrogen-bond acceptors (Lipinski definition) is 6. The molecule has 1 aromatic rings. The monoisotopic (exact) mass is 518 g/mol. The summed E-state index contributed by atoms with van der Waals surface area (Å²) in [4.78, 5) is 64.9. The largest absolute Gasteiger partial charge is 0.480 e. The van der Waals surface area contributed by atoms with E-state index < -0.39 is 41.9 Å². The number of aliphatic carboxylic acids is 1. The number of alkyl carbamates (subject to hydrolysis) is 1. The fourth-order valence-corrected chi connectivity index (χ4v) is 4.25. The first-order valence-corrected chi connectivity index (χ1v) is 12.7. The maximum absolute atomic E-state index is 13.1.